The maximum absolute atomic E-state index is 9.71. The van der Waals surface area contributed by atoms with Crippen LogP contribution in [-0.4, -0.2) is 31.4 Å². The fourth-order valence-electron chi connectivity index (χ4n) is 3.67. The van der Waals surface area contributed by atoms with Gasteiger partial charge in [0.1, 0.15) is 5.75 Å². The van der Waals surface area contributed by atoms with Crippen molar-refractivity contribution in [2.75, 3.05) is 26.3 Å². The van der Waals surface area contributed by atoms with Gasteiger partial charge in [0.05, 0.1) is 6.61 Å². The van der Waals surface area contributed by atoms with Gasteiger partial charge < -0.3 is 15.2 Å². The van der Waals surface area contributed by atoms with Crippen molar-refractivity contribution >= 4 is 0 Å². The minimum atomic E-state index is 0.143. The lowest BCUT2D eigenvalue weighted by atomic mass is 9.74. The zero-order chi connectivity index (χ0) is 14.5. The van der Waals surface area contributed by atoms with Gasteiger partial charge in [-0.3, -0.25) is 0 Å². The van der Waals surface area contributed by atoms with E-state index in [1.54, 1.807) is 0 Å². The SMILES string of the molecule is OCC1(CNCCc2ccc3c(c2)CCO3)CCCCC1. The molecule has 1 aromatic carbocycles. The molecule has 0 aromatic heterocycles. The average Bonchev–Trinajstić information content (AvgIpc) is 3.00. The molecule has 1 aliphatic heterocycles. The van der Waals surface area contributed by atoms with Crippen molar-refractivity contribution in [3.8, 4) is 5.75 Å². The number of nitrogens with one attached hydrogen (secondary N) is 1. The van der Waals surface area contributed by atoms with Gasteiger partial charge in [0.15, 0.2) is 0 Å². The van der Waals surface area contributed by atoms with Gasteiger partial charge in [-0.15, -0.1) is 0 Å². The lowest BCUT2D eigenvalue weighted by Gasteiger charge is -2.35. The highest BCUT2D eigenvalue weighted by Gasteiger charge is 2.30. The van der Waals surface area contributed by atoms with E-state index in [4.69, 9.17) is 4.74 Å². The number of aliphatic hydroxyl groups is 1. The molecule has 3 heteroatoms. The summed E-state index contributed by atoms with van der Waals surface area (Å²) in [5, 5.41) is 13.3. The Balaban J connectivity index is 1.45. The minimum absolute atomic E-state index is 0.143. The lowest BCUT2D eigenvalue weighted by Crippen LogP contribution is -2.39. The molecule has 0 atom stereocenters. The molecule has 1 saturated carbocycles. The Hall–Kier alpha value is -1.06. The first kappa shape index (κ1) is 14.9. The van der Waals surface area contributed by atoms with E-state index in [0.29, 0.717) is 6.61 Å². The van der Waals surface area contributed by atoms with E-state index in [-0.39, 0.29) is 5.41 Å². The first-order valence-corrected chi connectivity index (χ1v) is 8.38. The monoisotopic (exact) mass is 289 g/mol. The summed E-state index contributed by atoms with van der Waals surface area (Å²) in [6.45, 7) is 3.10. The number of hydrogen-bond acceptors (Lipinski definition) is 3. The third-order valence-electron chi connectivity index (χ3n) is 5.09. The van der Waals surface area contributed by atoms with Gasteiger partial charge >= 0.3 is 0 Å². The molecule has 1 aromatic rings. The van der Waals surface area contributed by atoms with Crippen LogP contribution in [0.15, 0.2) is 18.2 Å². The summed E-state index contributed by atoms with van der Waals surface area (Å²) in [6, 6.07) is 6.56. The van der Waals surface area contributed by atoms with E-state index in [1.807, 2.05) is 0 Å². The zero-order valence-corrected chi connectivity index (χ0v) is 12.9. The second-order valence-corrected chi connectivity index (χ2v) is 6.69. The molecule has 0 radical (unpaired) electrons. The van der Waals surface area contributed by atoms with Crippen molar-refractivity contribution in [2.45, 2.75) is 44.9 Å². The second-order valence-electron chi connectivity index (χ2n) is 6.69. The summed E-state index contributed by atoms with van der Waals surface area (Å²) in [4.78, 5) is 0. The smallest absolute Gasteiger partial charge is 0.122 e. The molecule has 116 valence electrons. The van der Waals surface area contributed by atoms with Gasteiger partial charge in [0, 0.05) is 25.0 Å². The quantitative estimate of drug-likeness (QED) is 0.791. The van der Waals surface area contributed by atoms with Crippen LogP contribution in [0.2, 0.25) is 0 Å². The minimum Gasteiger partial charge on any atom is -0.493 e. The van der Waals surface area contributed by atoms with E-state index >= 15 is 0 Å². The summed E-state index contributed by atoms with van der Waals surface area (Å²) < 4.78 is 5.54. The second kappa shape index (κ2) is 6.80. The molecule has 0 saturated heterocycles. The Morgan fingerprint density at radius 1 is 1.19 bits per heavy atom. The van der Waals surface area contributed by atoms with E-state index in [2.05, 4.69) is 23.5 Å². The molecule has 0 unspecified atom stereocenters. The largest absolute Gasteiger partial charge is 0.493 e. The summed E-state index contributed by atoms with van der Waals surface area (Å²) >= 11 is 0. The molecule has 1 heterocycles. The van der Waals surface area contributed by atoms with Crippen molar-refractivity contribution in [2.24, 2.45) is 5.41 Å². The maximum atomic E-state index is 9.71. The molecule has 0 bridgehead atoms. The Kier molecular flexibility index (Phi) is 4.81. The summed E-state index contributed by atoms with van der Waals surface area (Å²) in [5.74, 6) is 1.06. The summed E-state index contributed by atoms with van der Waals surface area (Å²) in [5.41, 5.74) is 2.88. The molecule has 0 amide bonds. The standard InChI is InChI=1S/C18H27NO2/c20-14-18(8-2-1-3-9-18)13-19-10-6-15-4-5-17-16(12-15)7-11-21-17/h4-5,12,19-20H,1-3,6-11,13-14H2. The Morgan fingerprint density at radius 3 is 2.86 bits per heavy atom. The molecular weight excluding hydrogens is 262 g/mol. The number of ether oxygens (including phenoxy) is 1. The fourth-order valence-corrected chi connectivity index (χ4v) is 3.67. The van der Waals surface area contributed by atoms with E-state index in [9.17, 15) is 5.11 Å². The maximum Gasteiger partial charge on any atom is 0.122 e. The third kappa shape index (κ3) is 3.58. The number of aliphatic hydroxyl groups excluding tert-OH is 1. The van der Waals surface area contributed by atoms with Crippen molar-refractivity contribution in [1.82, 2.24) is 5.32 Å². The van der Waals surface area contributed by atoms with Crippen LogP contribution in [0, 0.1) is 5.41 Å². The summed E-state index contributed by atoms with van der Waals surface area (Å²) in [6.07, 6.45) is 8.32. The van der Waals surface area contributed by atoms with Gasteiger partial charge in [0.2, 0.25) is 0 Å². The predicted molar refractivity (Wildman–Crippen MR) is 84.8 cm³/mol. The molecule has 2 N–H and O–H groups in total. The molecule has 3 nitrogen and oxygen atoms in total. The van der Waals surface area contributed by atoms with Crippen LogP contribution in [0.3, 0.4) is 0 Å². The van der Waals surface area contributed by atoms with E-state index in [0.717, 1.165) is 38.3 Å². The number of hydrogen-bond donors (Lipinski definition) is 2. The summed E-state index contributed by atoms with van der Waals surface area (Å²) in [7, 11) is 0. The van der Waals surface area contributed by atoms with Crippen molar-refractivity contribution in [1.29, 1.82) is 0 Å². The number of fused-ring (bicyclic) bond motifs is 1. The zero-order valence-electron chi connectivity index (χ0n) is 12.9. The lowest BCUT2D eigenvalue weighted by molar-refractivity contribution is 0.0816. The molecule has 1 fully saturated rings. The number of rotatable bonds is 6. The van der Waals surface area contributed by atoms with Gasteiger partial charge in [-0.05, 0) is 43.0 Å². The average molecular weight is 289 g/mol. The fraction of sp³-hybridized carbons (Fsp3) is 0.667. The van der Waals surface area contributed by atoms with Crippen LogP contribution < -0.4 is 10.1 Å². The van der Waals surface area contributed by atoms with Crippen molar-refractivity contribution < 1.29 is 9.84 Å². The van der Waals surface area contributed by atoms with Crippen LogP contribution in [-0.2, 0) is 12.8 Å². The van der Waals surface area contributed by atoms with Gasteiger partial charge in [-0.1, -0.05) is 31.4 Å². The first-order valence-electron chi connectivity index (χ1n) is 8.38. The van der Waals surface area contributed by atoms with Crippen molar-refractivity contribution in [3.63, 3.8) is 0 Å². The normalized spacial score (nSPS) is 20.0. The van der Waals surface area contributed by atoms with E-state index < -0.39 is 0 Å². The van der Waals surface area contributed by atoms with Gasteiger partial charge in [-0.2, -0.15) is 0 Å². The van der Waals surface area contributed by atoms with E-state index in [1.165, 1.54) is 43.2 Å². The Labute approximate surface area is 127 Å². The molecule has 1 aliphatic carbocycles. The van der Waals surface area contributed by atoms with Crippen molar-refractivity contribution in [3.05, 3.63) is 29.3 Å². The van der Waals surface area contributed by atoms with Gasteiger partial charge in [-0.25, -0.2) is 0 Å². The third-order valence-corrected chi connectivity index (χ3v) is 5.09. The Morgan fingerprint density at radius 2 is 2.05 bits per heavy atom. The molecule has 3 rings (SSSR count). The van der Waals surface area contributed by atoms with Crippen LogP contribution in [0.1, 0.15) is 43.2 Å². The molecule has 21 heavy (non-hydrogen) atoms. The highest BCUT2D eigenvalue weighted by molar-refractivity contribution is 5.39. The molecule has 2 aliphatic rings. The highest BCUT2D eigenvalue weighted by Crippen LogP contribution is 2.35. The first-order chi connectivity index (χ1) is 10.3. The Bertz CT molecular complexity index is 466. The molecular formula is C18H27NO2. The van der Waals surface area contributed by atoms with Gasteiger partial charge in [0.25, 0.3) is 0 Å². The molecule has 0 spiro atoms. The van der Waals surface area contributed by atoms with Crippen LogP contribution in [0.5, 0.6) is 5.75 Å². The number of benzene rings is 1. The van der Waals surface area contributed by atoms with Crippen LogP contribution in [0.4, 0.5) is 0 Å². The topological polar surface area (TPSA) is 41.5 Å². The highest BCUT2D eigenvalue weighted by atomic mass is 16.5. The van der Waals surface area contributed by atoms with Crippen LogP contribution >= 0.6 is 0 Å². The predicted octanol–water partition coefficient (Wildman–Crippen LogP) is 2.70. The van der Waals surface area contributed by atoms with Crippen LogP contribution in [0.25, 0.3) is 0 Å².